The largest absolute Gasteiger partial charge is 0.321 e. The molecule has 1 N–H and O–H groups in total. The van der Waals surface area contributed by atoms with E-state index in [-0.39, 0.29) is 5.91 Å². The molecule has 1 rings (SSSR count). The van der Waals surface area contributed by atoms with Crippen LogP contribution in [0.25, 0.3) is 0 Å². The summed E-state index contributed by atoms with van der Waals surface area (Å²) in [7, 11) is 0. The van der Waals surface area contributed by atoms with E-state index < -0.39 is 0 Å². The lowest BCUT2D eigenvalue weighted by Crippen LogP contribution is -2.12. The summed E-state index contributed by atoms with van der Waals surface area (Å²) in [5.41, 5.74) is 2.41. The van der Waals surface area contributed by atoms with Gasteiger partial charge in [0.25, 0.3) is 5.91 Å². The van der Waals surface area contributed by atoms with Gasteiger partial charge in [0.05, 0.1) is 5.69 Å². The molecule has 0 radical (unpaired) electrons. The zero-order valence-corrected chi connectivity index (χ0v) is 9.81. The fourth-order valence-electron chi connectivity index (χ4n) is 0.951. The first-order valence-electron chi connectivity index (χ1n) is 4.23. The molecule has 0 aliphatic rings. The number of hydrogen-bond acceptors (Lipinski definition) is 1. The van der Waals surface area contributed by atoms with Gasteiger partial charge in [-0.2, -0.15) is 0 Å². The van der Waals surface area contributed by atoms with Gasteiger partial charge in [-0.15, -0.1) is 0 Å². The van der Waals surface area contributed by atoms with E-state index in [0.29, 0.717) is 5.57 Å². The zero-order chi connectivity index (χ0) is 10.7. The average molecular weight is 254 g/mol. The lowest BCUT2D eigenvalue weighted by atomic mass is 10.2. The molecular formula is C11H12BrNO. The van der Waals surface area contributed by atoms with Gasteiger partial charge in [-0.1, -0.05) is 12.6 Å². The standard InChI is InChI=1S/C11H12BrNO/c1-7(2)11(14)13-10-5-4-8(3)6-9(10)12/h4-6H,1H2,2-3H3,(H,13,14). The van der Waals surface area contributed by atoms with Crippen LogP contribution < -0.4 is 5.32 Å². The second kappa shape index (κ2) is 4.42. The van der Waals surface area contributed by atoms with Crippen molar-refractivity contribution in [2.75, 3.05) is 5.32 Å². The summed E-state index contributed by atoms with van der Waals surface area (Å²) in [6, 6.07) is 5.76. The molecule has 0 aliphatic carbocycles. The van der Waals surface area contributed by atoms with Crippen molar-refractivity contribution in [2.45, 2.75) is 13.8 Å². The van der Waals surface area contributed by atoms with E-state index in [4.69, 9.17) is 0 Å². The van der Waals surface area contributed by atoms with Gasteiger partial charge < -0.3 is 5.32 Å². The van der Waals surface area contributed by atoms with Crippen LogP contribution in [0.15, 0.2) is 34.8 Å². The number of rotatable bonds is 2. The van der Waals surface area contributed by atoms with E-state index in [9.17, 15) is 4.79 Å². The minimum absolute atomic E-state index is 0.158. The highest BCUT2D eigenvalue weighted by Crippen LogP contribution is 2.23. The second-order valence-electron chi connectivity index (χ2n) is 3.22. The Balaban J connectivity index is 2.87. The number of carbonyl (C=O) groups excluding carboxylic acids is 1. The summed E-state index contributed by atoms with van der Waals surface area (Å²) in [6.45, 7) is 7.24. The summed E-state index contributed by atoms with van der Waals surface area (Å²) < 4.78 is 0.882. The first-order chi connectivity index (χ1) is 6.50. The monoisotopic (exact) mass is 253 g/mol. The van der Waals surface area contributed by atoms with Crippen molar-refractivity contribution in [2.24, 2.45) is 0 Å². The van der Waals surface area contributed by atoms with Crippen molar-refractivity contribution in [3.8, 4) is 0 Å². The normalized spacial score (nSPS) is 9.64. The quantitative estimate of drug-likeness (QED) is 0.806. The molecule has 1 amide bonds. The third-order valence-corrected chi connectivity index (χ3v) is 2.42. The molecule has 0 unspecified atom stereocenters. The molecule has 0 aromatic heterocycles. The number of nitrogens with one attached hydrogen (secondary N) is 1. The van der Waals surface area contributed by atoms with E-state index in [1.807, 2.05) is 25.1 Å². The summed E-state index contributed by atoms with van der Waals surface area (Å²) in [4.78, 5) is 11.3. The van der Waals surface area contributed by atoms with Crippen molar-refractivity contribution >= 4 is 27.5 Å². The van der Waals surface area contributed by atoms with Crippen LogP contribution in [0.2, 0.25) is 0 Å². The minimum atomic E-state index is -0.158. The van der Waals surface area contributed by atoms with Crippen LogP contribution in [0.1, 0.15) is 12.5 Å². The Hall–Kier alpha value is -1.09. The molecule has 0 atom stereocenters. The number of aryl methyl sites for hydroxylation is 1. The van der Waals surface area contributed by atoms with Crippen molar-refractivity contribution in [3.63, 3.8) is 0 Å². The first-order valence-corrected chi connectivity index (χ1v) is 5.03. The average Bonchev–Trinajstić information content (AvgIpc) is 2.09. The SMILES string of the molecule is C=C(C)C(=O)Nc1ccc(C)cc1Br. The second-order valence-corrected chi connectivity index (χ2v) is 4.07. The number of carbonyl (C=O) groups is 1. The Bertz CT molecular complexity index is 385. The molecule has 2 nitrogen and oxygen atoms in total. The molecule has 3 heteroatoms. The van der Waals surface area contributed by atoms with Gasteiger partial charge in [-0.25, -0.2) is 0 Å². The van der Waals surface area contributed by atoms with Gasteiger partial charge in [0.2, 0.25) is 0 Å². The Morgan fingerprint density at radius 3 is 2.64 bits per heavy atom. The predicted octanol–water partition coefficient (Wildman–Crippen LogP) is 3.27. The molecule has 14 heavy (non-hydrogen) atoms. The summed E-state index contributed by atoms with van der Waals surface area (Å²) in [6.07, 6.45) is 0. The Labute approximate surface area is 92.1 Å². The van der Waals surface area contributed by atoms with Gasteiger partial charge in [-0.3, -0.25) is 4.79 Å². The smallest absolute Gasteiger partial charge is 0.250 e. The van der Waals surface area contributed by atoms with Crippen LogP contribution in [-0.4, -0.2) is 5.91 Å². The summed E-state index contributed by atoms with van der Waals surface area (Å²) in [5, 5.41) is 2.75. The van der Waals surface area contributed by atoms with Crippen LogP contribution in [-0.2, 0) is 4.79 Å². The lowest BCUT2D eigenvalue weighted by molar-refractivity contribution is -0.112. The maximum atomic E-state index is 11.3. The molecule has 0 saturated heterocycles. The maximum Gasteiger partial charge on any atom is 0.250 e. The van der Waals surface area contributed by atoms with Gasteiger partial charge >= 0.3 is 0 Å². The van der Waals surface area contributed by atoms with E-state index in [0.717, 1.165) is 15.7 Å². The molecule has 0 fully saturated rings. The molecule has 0 aliphatic heterocycles. The summed E-state index contributed by atoms with van der Waals surface area (Å²) >= 11 is 3.38. The van der Waals surface area contributed by atoms with Crippen LogP contribution >= 0.6 is 15.9 Å². The highest BCUT2D eigenvalue weighted by molar-refractivity contribution is 9.10. The topological polar surface area (TPSA) is 29.1 Å². The van der Waals surface area contributed by atoms with Crippen LogP contribution in [0.5, 0.6) is 0 Å². The van der Waals surface area contributed by atoms with Gasteiger partial charge in [-0.05, 0) is 47.5 Å². The number of halogens is 1. The van der Waals surface area contributed by atoms with E-state index >= 15 is 0 Å². The van der Waals surface area contributed by atoms with E-state index in [2.05, 4.69) is 27.8 Å². The molecule has 0 bridgehead atoms. The van der Waals surface area contributed by atoms with Crippen molar-refractivity contribution in [3.05, 3.63) is 40.4 Å². The predicted molar refractivity (Wildman–Crippen MR) is 62.3 cm³/mol. The Morgan fingerprint density at radius 2 is 2.14 bits per heavy atom. The van der Waals surface area contributed by atoms with Crippen molar-refractivity contribution in [1.82, 2.24) is 0 Å². The van der Waals surface area contributed by atoms with E-state index in [1.165, 1.54) is 0 Å². The first kappa shape index (κ1) is 11.0. The van der Waals surface area contributed by atoms with Crippen molar-refractivity contribution in [1.29, 1.82) is 0 Å². The fourth-order valence-corrected chi connectivity index (χ4v) is 1.54. The molecule has 0 spiro atoms. The Morgan fingerprint density at radius 1 is 1.50 bits per heavy atom. The molecule has 1 aromatic rings. The molecule has 1 aromatic carbocycles. The van der Waals surface area contributed by atoms with Crippen molar-refractivity contribution < 1.29 is 4.79 Å². The van der Waals surface area contributed by atoms with Gasteiger partial charge in [0, 0.05) is 10.0 Å². The molecular weight excluding hydrogens is 242 g/mol. The van der Waals surface area contributed by atoms with Gasteiger partial charge in [0.1, 0.15) is 0 Å². The van der Waals surface area contributed by atoms with Crippen LogP contribution in [0, 0.1) is 6.92 Å². The fraction of sp³-hybridized carbons (Fsp3) is 0.182. The number of amides is 1. The third-order valence-electron chi connectivity index (χ3n) is 1.76. The number of anilines is 1. The summed E-state index contributed by atoms with van der Waals surface area (Å²) in [5.74, 6) is -0.158. The molecule has 0 heterocycles. The number of hydrogen-bond donors (Lipinski definition) is 1. The minimum Gasteiger partial charge on any atom is -0.321 e. The third kappa shape index (κ3) is 2.70. The number of benzene rings is 1. The maximum absolute atomic E-state index is 11.3. The van der Waals surface area contributed by atoms with Crippen LogP contribution in [0.4, 0.5) is 5.69 Å². The Kier molecular flexibility index (Phi) is 3.47. The highest BCUT2D eigenvalue weighted by Gasteiger charge is 2.05. The molecule has 74 valence electrons. The van der Waals surface area contributed by atoms with E-state index in [1.54, 1.807) is 6.92 Å². The van der Waals surface area contributed by atoms with Crippen LogP contribution in [0.3, 0.4) is 0 Å². The van der Waals surface area contributed by atoms with Gasteiger partial charge in [0.15, 0.2) is 0 Å². The zero-order valence-electron chi connectivity index (χ0n) is 8.23. The highest BCUT2D eigenvalue weighted by atomic mass is 79.9. The molecule has 0 saturated carbocycles. The lowest BCUT2D eigenvalue weighted by Gasteiger charge is -2.07.